The van der Waals surface area contributed by atoms with Crippen molar-refractivity contribution in [3.8, 4) is 0 Å². The largest absolute Gasteiger partial charge is 0.371 e. The quantitative estimate of drug-likeness (QED) is 0.915. The molecule has 1 N–H and O–H groups in total. The summed E-state index contributed by atoms with van der Waals surface area (Å²) in [6.45, 7) is 3.20. The summed E-state index contributed by atoms with van der Waals surface area (Å²) in [5, 5.41) is 4.43. The molecule has 0 atom stereocenters. The summed E-state index contributed by atoms with van der Waals surface area (Å²) in [5.41, 5.74) is 2.50. The molecule has 0 aromatic heterocycles. The third kappa shape index (κ3) is 3.80. The molecule has 1 aromatic carbocycles. The Kier molecular flexibility index (Phi) is 4.57. The van der Waals surface area contributed by atoms with Crippen LogP contribution in [0, 0.1) is 0 Å². The smallest absolute Gasteiger partial charge is 0.0471 e. The molecule has 1 aromatic rings. The number of benzene rings is 1. The summed E-state index contributed by atoms with van der Waals surface area (Å²) < 4.78 is 0. The number of hydrogen-bond donors (Lipinski definition) is 1. The highest BCUT2D eigenvalue weighted by Gasteiger charge is 2.20. The SMILES string of the molecule is Clc1cc(N2CCCSCC2)ccc1CNC1CC1. The molecular formula is C15H21ClN2S. The molecule has 0 radical (unpaired) electrons. The third-order valence-electron chi connectivity index (χ3n) is 3.78. The molecule has 0 amide bonds. The van der Waals surface area contributed by atoms with E-state index in [1.807, 2.05) is 0 Å². The lowest BCUT2D eigenvalue weighted by atomic mass is 10.2. The summed E-state index contributed by atoms with van der Waals surface area (Å²) in [7, 11) is 0. The molecular weight excluding hydrogens is 276 g/mol. The number of rotatable bonds is 4. The molecule has 2 nitrogen and oxygen atoms in total. The van der Waals surface area contributed by atoms with Crippen LogP contribution in [0.3, 0.4) is 0 Å². The minimum absolute atomic E-state index is 0.735. The van der Waals surface area contributed by atoms with Crippen LogP contribution in [0.5, 0.6) is 0 Å². The number of anilines is 1. The van der Waals surface area contributed by atoms with Gasteiger partial charge in [-0.2, -0.15) is 11.8 Å². The summed E-state index contributed by atoms with van der Waals surface area (Å²) in [5.74, 6) is 2.51. The van der Waals surface area contributed by atoms with Crippen molar-refractivity contribution >= 4 is 29.1 Å². The average Bonchev–Trinajstić information content (AvgIpc) is 3.24. The molecule has 1 aliphatic heterocycles. The normalized spacial score (nSPS) is 20.4. The number of nitrogens with one attached hydrogen (secondary N) is 1. The van der Waals surface area contributed by atoms with Gasteiger partial charge >= 0.3 is 0 Å². The van der Waals surface area contributed by atoms with Gasteiger partial charge in [-0.1, -0.05) is 17.7 Å². The van der Waals surface area contributed by atoms with Crippen molar-refractivity contribution in [2.24, 2.45) is 0 Å². The van der Waals surface area contributed by atoms with Crippen LogP contribution in [0.25, 0.3) is 0 Å². The van der Waals surface area contributed by atoms with Crippen molar-refractivity contribution < 1.29 is 0 Å². The Morgan fingerprint density at radius 2 is 2.16 bits per heavy atom. The van der Waals surface area contributed by atoms with Gasteiger partial charge in [0, 0.05) is 42.1 Å². The van der Waals surface area contributed by atoms with Gasteiger partial charge in [0.15, 0.2) is 0 Å². The van der Waals surface area contributed by atoms with E-state index in [4.69, 9.17) is 11.6 Å². The van der Waals surface area contributed by atoms with Gasteiger partial charge in [-0.15, -0.1) is 0 Å². The van der Waals surface area contributed by atoms with Gasteiger partial charge in [-0.05, 0) is 42.7 Å². The van der Waals surface area contributed by atoms with Crippen molar-refractivity contribution in [2.75, 3.05) is 29.5 Å². The minimum atomic E-state index is 0.735. The zero-order valence-electron chi connectivity index (χ0n) is 11.2. The number of thioether (sulfide) groups is 1. The zero-order valence-corrected chi connectivity index (χ0v) is 12.8. The second-order valence-corrected chi connectivity index (χ2v) is 7.02. The first-order chi connectivity index (χ1) is 9.33. The number of hydrogen-bond acceptors (Lipinski definition) is 3. The van der Waals surface area contributed by atoms with E-state index < -0.39 is 0 Å². The maximum atomic E-state index is 6.42. The van der Waals surface area contributed by atoms with Crippen LogP contribution in [0.2, 0.25) is 5.02 Å². The molecule has 0 unspecified atom stereocenters. The summed E-state index contributed by atoms with van der Waals surface area (Å²) in [4.78, 5) is 2.46. The maximum Gasteiger partial charge on any atom is 0.0471 e. The Morgan fingerprint density at radius 1 is 1.26 bits per heavy atom. The molecule has 104 valence electrons. The molecule has 1 aliphatic carbocycles. The molecule has 2 fully saturated rings. The lowest BCUT2D eigenvalue weighted by Crippen LogP contribution is -2.25. The van der Waals surface area contributed by atoms with E-state index in [9.17, 15) is 0 Å². The predicted molar refractivity (Wildman–Crippen MR) is 85.5 cm³/mol. The highest BCUT2D eigenvalue weighted by Crippen LogP contribution is 2.26. The highest BCUT2D eigenvalue weighted by atomic mass is 35.5. The molecule has 0 bridgehead atoms. The first-order valence-electron chi connectivity index (χ1n) is 7.17. The molecule has 0 spiro atoms. The van der Waals surface area contributed by atoms with E-state index in [2.05, 4.69) is 40.2 Å². The van der Waals surface area contributed by atoms with Crippen LogP contribution in [0.15, 0.2) is 18.2 Å². The van der Waals surface area contributed by atoms with Crippen molar-refractivity contribution in [3.63, 3.8) is 0 Å². The fraction of sp³-hybridized carbons (Fsp3) is 0.600. The Bertz CT molecular complexity index is 426. The maximum absolute atomic E-state index is 6.42. The van der Waals surface area contributed by atoms with Crippen molar-refractivity contribution in [2.45, 2.75) is 31.8 Å². The molecule has 3 rings (SSSR count). The molecule has 2 aliphatic rings. The lowest BCUT2D eigenvalue weighted by Gasteiger charge is -2.23. The minimum Gasteiger partial charge on any atom is -0.371 e. The van der Waals surface area contributed by atoms with E-state index >= 15 is 0 Å². The predicted octanol–water partition coefficient (Wildman–Crippen LogP) is 3.54. The van der Waals surface area contributed by atoms with E-state index in [1.165, 1.54) is 42.0 Å². The van der Waals surface area contributed by atoms with Gasteiger partial charge < -0.3 is 10.2 Å². The topological polar surface area (TPSA) is 15.3 Å². The molecule has 4 heteroatoms. The fourth-order valence-corrected chi connectivity index (χ4v) is 3.55. The monoisotopic (exact) mass is 296 g/mol. The molecule has 19 heavy (non-hydrogen) atoms. The standard InChI is InChI=1S/C15H21ClN2S/c16-15-10-14(18-6-1-8-19-9-7-18)5-2-12(15)11-17-13-3-4-13/h2,5,10,13,17H,1,3-4,6-9,11H2. The van der Waals surface area contributed by atoms with Gasteiger partial charge in [-0.3, -0.25) is 0 Å². The first kappa shape index (κ1) is 13.6. The van der Waals surface area contributed by atoms with Crippen LogP contribution >= 0.6 is 23.4 Å². The van der Waals surface area contributed by atoms with Crippen molar-refractivity contribution in [1.82, 2.24) is 5.32 Å². The van der Waals surface area contributed by atoms with Crippen LogP contribution in [-0.2, 0) is 6.54 Å². The van der Waals surface area contributed by atoms with Gasteiger partial charge in [0.1, 0.15) is 0 Å². The van der Waals surface area contributed by atoms with Gasteiger partial charge in [-0.25, -0.2) is 0 Å². The molecule has 1 saturated heterocycles. The number of halogens is 1. The lowest BCUT2D eigenvalue weighted by molar-refractivity contribution is 0.688. The Balaban J connectivity index is 1.66. The van der Waals surface area contributed by atoms with E-state index in [0.717, 1.165) is 30.7 Å². The van der Waals surface area contributed by atoms with Gasteiger partial charge in [0.25, 0.3) is 0 Å². The highest BCUT2D eigenvalue weighted by molar-refractivity contribution is 7.99. The summed E-state index contributed by atoms with van der Waals surface area (Å²) in [6.07, 6.45) is 3.91. The van der Waals surface area contributed by atoms with E-state index in [1.54, 1.807) is 0 Å². The third-order valence-corrected chi connectivity index (χ3v) is 5.18. The Morgan fingerprint density at radius 3 is 2.95 bits per heavy atom. The fourth-order valence-electron chi connectivity index (χ4n) is 2.42. The van der Waals surface area contributed by atoms with Crippen LogP contribution in [-0.4, -0.2) is 30.6 Å². The van der Waals surface area contributed by atoms with Crippen LogP contribution in [0.1, 0.15) is 24.8 Å². The van der Waals surface area contributed by atoms with Gasteiger partial charge in [0.2, 0.25) is 0 Å². The summed E-state index contributed by atoms with van der Waals surface area (Å²) in [6, 6.07) is 7.29. The zero-order chi connectivity index (χ0) is 13.1. The Hall–Kier alpha value is -0.380. The van der Waals surface area contributed by atoms with E-state index in [0.29, 0.717) is 0 Å². The van der Waals surface area contributed by atoms with Crippen molar-refractivity contribution in [3.05, 3.63) is 28.8 Å². The number of nitrogens with zero attached hydrogens (tertiary/aromatic N) is 1. The molecule has 1 saturated carbocycles. The Labute approximate surface area is 124 Å². The summed E-state index contributed by atoms with van der Waals surface area (Å²) >= 11 is 8.48. The van der Waals surface area contributed by atoms with E-state index in [-0.39, 0.29) is 0 Å². The second-order valence-electron chi connectivity index (χ2n) is 5.38. The second kappa shape index (κ2) is 6.38. The van der Waals surface area contributed by atoms with Gasteiger partial charge in [0.05, 0.1) is 0 Å². The van der Waals surface area contributed by atoms with Crippen LogP contribution < -0.4 is 10.2 Å². The van der Waals surface area contributed by atoms with Crippen LogP contribution in [0.4, 0.5) is 5.69 Å². The first-order valence-corrected chi connectivity index (χ1v) is 8.71. The average molecular weight is 297 g/mol. The van der Waals surface area contributed by atoms with Crippen molar-refractivity contribution in [1.29, 1.82) is 0 Å². The molecule has 1 heterocycles.